The molecule has 0 unspecified atom stereocenters. The molecule has 1 aliphatic rings. The van der Waals surface area contributed by atoms with Gasteiger partial charge in [-0.15, -0.1) is 0 Å². The third kappa shape index (κ3) is 31.2. The molecule has 0 radical (unpaired) electrons. The summed E-state index contributed by atoms with van der Waals surface area (Å²) in [4.78, 5) is 13.1. The van der Waals surface area contributed by atoms with Crippen molar-refractivity contribution < 1.29 is 50.0 Å². The average Bonchev–Trinajstić information content (AvgIpc) is 3.28. The number of allylic oxidation sites excluding steroid dienone is 4. The van der Waals surface area contributed by atoms with E-state index in [-0.39, 0.29) is 12.8 Å². The van der Waals surface area contributed by atoms with E-state index in [4.69, 9.17) is 9.47 Å². The van der Waals surface area contributed by atoms with Gasteiger partial charge in [0.15, 0.2) is 6.29 Å². The molecule has 0 spiro atoms. The third-order valence-electron chi connectivity index (χ3n) is 12.7. The fourth-order valence-corrected chi connectivity index (χ4v) is 8.38. The zero-order valence-corrected chi connectivity index (χ0v) is 40.3. The minimum absolute atomic E-state index is 0.256. The molecule has 1 fully saturated rings. The van der Waals surface area contributed by atoms with Gasteiger partial charge in [0.1, 0.15) is 36.6 Å². The van der Waals surface area contributed by atoms with Crippen LogP contribution >= 0.6 is 0 Å². The normalized spacial score (nSPS) is 21.3. The zero-order valence-electron chi connectivity index (χ0n) is 40.3. The van der Waals surface area contributed by atoms with E-state index in [9.17, 15) is 40.5 Å². The smallest absolute Gasteiger partial charge is 0.249 e. The van der Waals surface area contributed by atoms with Crippen LogP contribution in [0.3, 0.4) is 0 Å². The number of nitrogens with one attached hydrogen (secondary N) is 1. The summed E-state index contributed by atoms with van der Waals surface area (Å²) in [5.41, 5.74) is 0. The van der Waals surface area contributed by atoms with E-state index >= 15 is 0 Å². The Hall–Kier alpha value is -1.41. The zero-order chi connectivity index (χ0) is 46.2. The molecule has 9 atom stereocenters. The van der Waals surface area contributed by atoms with Crippen LogP contribution in [-0.2, 0) is 14.3 Å². The first-order chi connectivity index (χ1) is 30.7. The summed E-state index contributed by atoms with van der Waals surface area (Å²) in [5, 5.41) is 75.8. The van der Waals surface area contributed by atoms with Crippen molar-refractivity contribution >= 4 is 5.91 Å². The minimum atomic E-state index is -1.67. The van der Waals surface area contributed by atoms with Gasteiger partial charge in [-0.1, -0.05) is 192 Å². The molecule has 1 heterocycles. The van der Waals surface area contributed by atoms with E-state index in [1.165, 1.54) is 154 Å². The van der Waals surface area contributed by atoms with Gasteiger partial charge in [-0.25, -0.2) is 0 Å². The molecule has 11 nitrogen and oxygen atoms in total. The van der Waals surface area contributed by atoms with Crippen LogP contribution in [0.5, 0.6) is 0 Å². The monoisotopic (exact) mass is 898 g/mol. The highest BCUT2D eigenvalue weighted by Gasteiger charge is 2.44. The molecule has 1 amide bonds. The highest BCUT2D eigenvalue weighted by molar-refractivity contribution is 5.80. The van der Waals surface area contributed by atoms with Crippen molar-refractivity contribution in [3.63, 3.8) is 0 Å². The van der Waals surface area contributed by atoms with Crippen LogP contribution in [0, 0.1) is 0 Å². The molecule has 0 aliphatic carbocycles. The number of carbonyl (C=O) groups is 1. The highest BCUT2D eigenvalue weighted by Crippen LogP contribution is 2.23. The number of aliphatic hydroxyl groups is 7. The molecular weight excluding hydrogens is 799 g/mol. The van der Waals surface area contributed by atoms with E-state index in [1.54, 1.807) is 0 Å². The summed E-state index contributed by atoms with van der Waals surface area (Å²) < 4.78 is 11.1. The predicted octanol–water partition coefficient (Wildman–Crippen LogP) is 9.79. The molecule has 11 heteroatoms. The van der Waals surface area contributed by atoms with Crippen LogP contribution in [0.4, 0.5) is 0 Å². The van der Waals surface area contributed by atoms with Crippen LogP contribution < -0.4 is 5.32 Å². The van der Waals surface area contributed by atoms with Crippen molar-refractivity contribution in [1.29, 1.82) is 0 Å². The highest BCUT2D eigenvalue weighted by atomic mass is 16.7. The predicted molar refractivity (Wildman–Crippen MR) is 256 cm³/mol. The molecule has 1 saturated heterocycles. The molecule has 372 valence electrons. The Labute approximate surface area is 384 Å². The maximum atomic E-state index is 13.1. The number of aliphatic hydroxyl groups excluding tert-OH is 7. The molecule has 0 aromatic heterocycles. The number of hydrogen-bond acceptors (Lipinski definition) is 10. The SMILES string of the molecule is CCCCCCCC/C=C\CCCCCCCCCCCCCCCC[C@@H](O)C(=O)N[C@@H](CO[C@@H]1O[C@H](CO)[C@@H](O)[C@H](O)[C@H]1O)[C@H](O)[C@H](O)CCC/C=C\CCCCCCCCC. The summed E-state index contributed by atoms with van der Waals surface area (Å²) in [6.07, 6.45) is 36.7. The second-order valence-corrected chi connectivity index (χ2v) is 18.6. The fourth-order valence-electron chi connectivity index (χ4n) is 8.38. The molecule has 0 aromatic rings. The molecular formula is C52H99NO10. The molecule has 1 rings (SSSR count). The number of carbonyl (C=O) groups excluding carboxylic acids is 1. The quantitative estimate of drug-likeness (QED) is 0.0216. The lowest BCUT2D eigenvalue weighted by atomic mass is 9.98. The molecule has 1 aliphatic heterocycles. The first-order valence-electron chi connectivity index (χ1n) is 26.2. The minimum Gasteiger partial charge on any atom is -0.394 e. The Bertz CT molecular complexity index is 1080. The Kier molecular flexibility index (Phi) is 39.7. The number of ether oxygens (including phenoxy) is 2. The first kappa shape index (κ1) is 59.6. The first-order valence-corrected chi connectivity index (χ1v) is 26.2. The van der Waals surface area contributed by atoms with Crippen molar-refractivity contribution in [1.82, 2.24) is 5.32 Å². The van der Waals surface area contributed by atoms with Gasteiger partial charge in [0.05, 0.1) is 25.4 Å². The van der Waals surface area contributed by atoms with Gasteiger partial charge in [-0.3, -0.25) is 4.79 Å². The number of unbranched alkanes of at least 4 members (excludes halogenated alkanes) is 28. The Balaban J connectivity index is 2.32. The van der Waals surface area contributed by atoms with Gasteiger partial charge in [-0.2, -0.15) is 0 Å². The van der Waals surface area contributed by atoms with Crippen molar-refractivity contribution in [2.75, 3.05) is 13.2 Å². The van der Waals surface area contributed by atoms with Gasteiger partial charge >= 0.3 is 0 Å². The topological polar surface area (TPSA) is 189 Å². The second-order valence-electron chi connectivity index (χ2n) is 18.6. The summed E-state index contributed by atoms with van der Waals surface area (Å²) in [6, 6.07) is -1.18. The molecule has 0 bridgehead atoms. The van der Waals surface area contributed by atoms with Gasteiger partial charge in [-0.05, 0) is 64.2 Å². The van der Waals surface area contributed by atoms with E-state index in [1.807, 2.05) is 0 Å². The number of amides is 1. The van der Waals surface area contributed by atoms with E-state index in [2.05, 4.69) is 43.5 Å². The van der Waals surface area contributed by atoms with Crippen molar-refractivity contribution in [3.8, 4) is 0 Å². The van der Waals surface area contributed by atoms with Crippen LogP contribution in [-0.4, -0.2) is 110 Å². The van der Waals surface area contributed by atoms with Crippen LogP contribution in [0.15, 0.2) is 24.3 Å². The van der Waals surface area contributed by atoms with Crippen molar-refractivity contribution in [2.24, 2.45) is 0 Å². The maximum Gasteiger partial charge on any atom is 0.249 e. The lowest BCUT2D eigenvalue weighted by Crippen LogP contribution is -2.60. The molecule has 0 saturated carbocycles. The van der Waals surface area contributed by atoms with Gasteiger partial charge in [0.25, 0.3) is 0 Å². The van der Waals surface area contributed by atoms with E-state index in [0.29, 0.717) is 12.8 Å². The molecule has 0 aromatic carbocycles. The average molecular weight is 898 g/mol. The van der Waals surface area contributed by atoms with Crippen molar-refractivity contribution in [3.05, 3.63) is 24.3 Å². The largest absolute Gasteiger partial charge is 0.394 e. The van der Waals surface area contributed by atoms with Gasteiger partial charge in [0, 0.05) is 0 Å². The van der Waals surface area contributed by atoms with Gasteiger partial charge in [0.2, 0.25) is 5.91 Å². The summed E-state index contributed by atoms with van der Waals surface area (Å²) in [5.74, 6) is -0.705. The lowest BCUT2D eigenvalue weighted by molar-refractivity contribution is -0.303. The Morgan fingerprint density at radius 3 is 1.37 bits per heavy atom. The second kappa shape index (κ2) is 42.0. The molecule has 8 N–H and O–H groups in total. The van der Waals surface area contributed by atoms with Crippen LogP contribution in [0.2, 0.25) is 0 Å². The lowest BCUT2D eigenvalue weighted by Gasteiger charge is -2.40. The van der Waals surface area contributed by atoms with Gasteiger partial charge < -0.3 is 50.5 Å². The Morgan fingerprint density at radius 2 is 0.937 bits per heavy atom. The maximum absolute atomic E-state index is 13.1. The number of hydrogen-bond donors (Lipinski definition) is 8. The van der Waals surface area contributed by atoms with Crippen LogP contribution in [0.1, 0.15) is 232 Å². The third-order valence-corrected chi connectivity index (χ3v) is 12.7. The number of rotatable bonds is 44. The summed E-state index contributed by atoms with van der Waals surface area (Å²) in [7, 11) is 0. The summed E-state index contributed by atoms with van der Waals surface area (Å²) in [6.45, 7) is 3.42. The van der Waals surface area contributed by atoms with E-state index < -0.39 is 74.2 Å². The Morgan fingerprint density at radius 1 is 0.540 bits per heavy atom. The van der Waals surface area contributed by atoms with Crippen molar-refractivity contribution in [2.45, 2.75) is 287 Å². The summed E-state index contributed by atoms with van der Waals surface area (Å²) >= 11 is 0. The standard InChI is InChI=1S/C52H99NO10/c1-3-5-7-9-11-13-15-17-18-19-20-21-22-23-24-25-26-27-28-30-32-34-36-38-40-45(56)51(61)53-43(42-62-52-50(60)49(59)48(58)46(41-54)63-52)47(57)44(55)39-37-35-33-31-29-16-14-12-10-8-6-4-2/h17-18,31,33,43-50,52,54-60H,3-16,19-30,32,34-42H2,1-2H3,(H,53,61)/b18-17-,33-31-/t43-,44+,45+,46+,47-,48+,49-,50+,52+/m0/s1. The molecule has 63 heavy (non-hydrogen) atoms. The van der Waals surface area contributed by atoms with E-state index in [0.717, 1.165) is 38.5 Å². The van der Waals surface area contributed by atoms with Crippen LogP contribution in [0.25, 0.3) is 0 Å². The fraction of sp³-hybridized carbons (Fsp3) is 0.904.